The summed E-state index contributed by atoms with van der Waals surface area (Å²) in [5.41, 5.74) is -0.110. The van der Waals surface area contributed by atoms with Crippen molar-refractivity contribution in [2.75, 3.05) is 18.0 Å². The average Bonchev–Trinajstić information content (AvgIpc) is 2.53. The summed E-state index contributed by atoms with van der Waals surface area (Å²) in [4.78, 5) is 9.19. The number of hydrogen-bond acceptors (Lipinski definition) is 4. The second-order valence-corrected chi connectivity index (χ2v) is 6.29. The minimum absolute atomic E-state index is 0.0105. The average molecular weight is 388 g/mol. The van der Waals surface area contributed by atoms with E-state index in [1.54, 1.807) is 0 Å². The van der Waals surface area contributed by atoms with E-state index in [1.807, 2.05) is 4.90 Å². The van der Waals surface area contributed by atoms with E-state index in [-0.39, 0.29) is 20.9 Å². The zero-order valence-electron chi connectivity index (χ0n) is 11.3. The van der Waals surface area contributed by atoms with Gasteiger partial charge in [0, 0.05) is 24.4 Å². The Labute approximate surface area is 138 Å². The second kappa shape index (κ2) is 5.94. The Morgan fingerprint density at radius 2 is 2.00 bits per heavy atom. The largest absolute Gasteiger partial charge is 0.356 e. The fourth-order valence-electron chi connectivity index (χ4n) is 2.59. The van der Waals surface area contributed by atoms with Gasteiger partial charge in [-0.05, 0) is 34.8 Å². The third-order valence-electron chi connectivity index (χ3n) is 3.76. The number of fused-ring (bicyclic) bond motifs is 1. The molecule has 0 spiro atoms. The summed E-state index contributed by atoms with van der Waals surface area (Å²) in [6, 6.07) is 3.75. The fourth-order valence-corrected chi connectivity index (χ4v) is 3.09. The Hall–Kier alpha value is -1.52. The maximum absolute atomic E-state index is 14.3. The van der Waals surface area contributed by atoms with Gasteiger partial charge in [-0.15, -0.1) is 0 Å². The molecule has 4 nitrogen and oxygen atoms in total. The molecule has 0 aliphatic carbocycles. The molecule has 2 aromatic rings. The van der Waals surface area contributed by atoms with Gasteiger partial charge in [-0.1, -0.05) is 11.6 Å². The predicted molar refractivity (Wildman–Crippen MR) is 82.7 cm³/mol. The minimum Gasteiger partial charge on any atom is -0.356 e. The van der Waals surface area contributed by atoms with E-state index < -0.39 is 11.9 Å². The number of rotatable bonds is 1. The number of hydrogen-bond donors (Lipinski definition) is 0. The Balaban J connectivity index is 2.12. The van der Waals surface area contributed by atoms with Crippen LogP contribution in [0.2, 0.25) is 5.02 Å². The first-order valence-corrected chi connectivity index (χ1v) is 7.83. The number of aromatic nitrogens is 2. The van der Waals surface area contributed by atoms with Crippen LogP contribution < -0.4 is 4.90 Å². The number of piperidine rings is 1. The molecule has 2 heterocycles. The lowest BCUT2D eigenvalue weighted by Gasteiger charge is -2.30. The summed E-state index contributed by atoms with van der Waals surface area (Å²) in [6.45, 7) is 1.11. The third kappa shape index (κ3) is 2.61. The molecule has 1 aliphatic heterocycles. The summed E-state index contributed by atoms with van der Waals surface area (Å²) in [7, 11) is 0. The molecule has 1 aromatic carbocycles. The van der Waals surface area contributed by atoms with Gasteiger partial charge in [0.1, 0.15) is 11.3 Å². The van der Waals surface area contributed by atoms with Crippen LogP contribution in [0.5, 0.6) is 0 Å². The highest BCUT2D eigenvalue weighted by molar-refractivity contribution is 9.10. The van der Waals surface area contributed by atoms with Crippen LogP contribution in [0, 0.1) is 29.1 Å². The zero-order valence-corrected chi connectivity index (χ0v) is 13.6. The van der Waals surface area contributed by atoms with E-state index in [9.17, 15) is 8.78 Å². The van der Waals surface area contributed by atoms with E-state index in [4.69, 9.17) is 16.9 Å². The Kier molecular flexibility index (Phi) is 4.15. The number of anilines is 1. The van der Waals surface area contributed by atoms with E-state index in [2.05, 4.69) is 32.0 Å². The molecule has 1 saturated heterocycles. The molecule has 0 radical (unpaired) electrons. The molecule has 3 rings (SSSR count). The standard InChI is InChI=1S/C14H10BrClF2N4/c15-10-9(16)5-8-12(11(10)17)20-14(18)21-13(8)22-3-1-7(6-19)2-4-22/h5,7H,1-4H2. The minimum atomic E-state index is -0.988. The van der Waals surface area contributed by atoms with Crippen molar-refractivity contribution in [2.45, 2.75) is 12.8 Å². The lowest BCUT2D eigenvalue weighted by Crippen LogP contribution is -2.34. The molecule has 0 amide bonds. The maximum Gasteiger partial charge on any atom is 0.311 e. The Morgan fingerprint density at radius 1 is 1.32 bits per heavy atom. The highest BCUT2D eigenvalue weighted by Crippen LogP contribution is 2.35. The van der Waals surface area contributed by atoms with Crippen LogP contribution in [0.3, 0.4) is 0 Å². The van der Waals surface area contributed by atoms with Crippen molar-refractivity contribution in [2.24, 2.45) is 5.92 Å². The van der Waals surface area contributed by atoms with Crippen molar-refractivity contribution in [1.29, 1.82) is 5.26 Å². The highest BCUT2D eigenvalue weighted by Gasteiger charge is 2.24. The monoisotopic (exact) mass is 386 g/mol. The van der Waals surface area contributed by atoms with Gasteiger partial charge in [-0.25, -0.2) is 4.39 Å². The smallest absolute Gasteiger partial charge is 0.311 e. The van der Waals surface area contributed by atoms with Gasteiger partial charge in [-0.2, -0.15) is 19.6 Å². The fraction of sp³-hybridized carbons (Fsp3) is 0.357. The number of nitrogens with zero attached hydrogens (tertiary/aromatic N) is 4. The first kappa shape index (κ1) is 15.4. The molecule has 0 saturated carbocycles. The highest BCUT2D eigenvalue weighted by atomic mass is 79.9. The van der Waals surface area contributed by atoms with Crippen LogP contribution >= 0.6 is 27.5 Å². The van der Waals surface area contributed by atoms with Gasteiger partial charge in [0.05, 0.1) is 15.6 Å². The molecule has 0 unspecified atom stereocenters. The summed E-state index contributed by atoms with van der Waals surface area (Å²) in [6.07, 6.45) is 0.338. The first-order valence-electron chi connectivity index (χ1n) is 6.66. The van der Waals surface area contributed by atoms with Gasteiger partial charge in [0.2, 0.25) is 0 Å². The lowest BCUT2D eigenvalue weighted by molar-refractivity contribution is 0.479. The SMILES string of the molecule is N#CC1CCN(c2nc(F)nc3c(F)c(Br)c(Cl)cc23)CC1. The molecule has 1 fully saturated rings. The summed E-state index contributed by atoms with van der Waals surface area (Å²) in [5, 5.41) is 9.48. The van der Waals surface area contributed by atoms with Crippen LogP contribution in [0.25, 0.3) is 10.9 Å². The number of nitriles is 1. The normalized spacial score (nSPS) is 16.0. The van der Waals surface area contributed by atoms with Crippen LogP contribution in [0.4, 0.5) is 14.6 Å². The summed E-state index contributed by atoms with van der Waals surface area (Å²) >= 11 is 9.01. The summed E-state index contributed by atoms with van der Waals surface area (Å²) in [5.74, 6) is -0.409. The molecule has 0 atom stereocenters. The van der Waals surface area contributed by atoms with Crippen molar-refractivity contribution in [1.82, 2.24) is 9.97 Å². The quantitative estimate of drug-likeness (QED) is 0.547. The second-order valence-electron chi connectivity index (χ2n) is 5.09. The van der Waals surface area contributed by atoms with Crippen molar-refractivity contribution in [3.05, 3.63) is 27.5 Å². The van der Waals surface area contributed by atoms with Gasteiger partial charge in [0.25, 0.3) is 0 Å². The van der Waals surface area contributed by atoms with E-state index in [1.165, 1.54) is 6.07 Å². The Bertz CT molecular complexity index is 785. The van der Waals surface area contributed by atoms with Gasteiger partial charge in [0.15, 0.2) is 5.82 Å². The summed E-state index contributed by atoms with van der Waals surface area (Å²) < 4.78 is 28.0. The maximum atomic E-state index is 14.3. The molecule has 8 heteroatoms. The van der Waals surface area contributed by atoms with Gasteiger partial charge < -0.3 is 4.90 Å². The predicted octanol–water partition coefficient (Wildman–Crippen LogP) is 4.06. The van der Waals surface area contributed by atoms with E-state index in [0.29, 0.717) is 37.1 Å². The van der Waals surface area contributed by atoms with Crippen LogP contribution in [0.15, 0.2) is 10.5 Å². The molecule has 1 aliphatic rings. The van der Waals surface area contributed by atoms with Gasteiger partial charge >= 0.3 is 6.08 Å². The molecule has 22 heavy (non-hydrogen) atoms. The molecule has 114 valence electrons. The first-order chi connectivity index (χ1) is 10.5. The lowest BCUT2D eigenvalue weighted by atomic mass is 9.98. The van der Waals surface area contributed by atoms with Crippen LogP contribution in [0.1, 0.15) is 12.8 Å². The van der Waals surface area contributed by atoms with E-state index >= 15 is 0 Å². The van der Waals surface area contributed by atoms with Crippen molar-refractivity contribution >= 4 is 44.3 Å². The molecular weight excluding hydrogens is 378 g/mol. The van der Waals surface area contributed by atoms with Crippen molar-refractivity contribution in [3.8, 4) is 6.07 Å². The molecule has 0 N–H and O–H groups in total. The topological polar surface area (TPSA) is 52.8 Å². The molecule has 1 aromatic heterocycles. The van der Waals surface area contributed by atoms with Crippen LogP contribution in [-0.4, -0.2) is 23.1 Å². The van der Waals surface area contributed by atoms with Gasteiger partial charge in [-0.3, -0.25) is 0 Å². The molecular formula is C14H10BrClF2N4. The zero-order chi connectivity index (χ0) is 15.9. The Morgan fingerprint density at radius 3 is 2.64 bits per heavy atom. The third-order valence-corrected chi connectivity index (χ3v) is 5.06. The van der Waals surface area contributed by atoms with Crippen molar-refractivity contribution < 1.29 is 8.78 Å². The molecule has 0 bridgehead atoms. The number of halogens is 4. The van der Waals surface area contributed by atoms with E-state index in [0.717, 1.165) is 0 Å². The van der Waals surface area contributed by atoms with Crippen molar-refractivity contribution in [3.63, 3.8) is 0 Å². The van der Waals surface area contributed by atoms with Crippen LogP contribution in [-0.2, 0) is 0 Å². The number of benzene rings is 1.